The van der Waals surface area contributed by atoms with E-state index >= 15 is 0 Å². The molecular formula is C14H19N3O6S. The molecule has 0 atom stereocenters. The summed E-state index contributed by atoms with van der Waals surface area (Å²) in [6.07, 6.45) is 1.32. The number of nitrogens with zero attached hydrogens (tertiary/aromatic N) is 2. The van der Waals surface area contributed by atoms with Crippen LogP contribution in [0, 0.1) is 10.1 Å². The van der Waals surface area contributed by atoms with Gasteiger partial charge in [-0.15, -0.1) is 0 Å². The molecule has 2 aliphatic heterocycles. The largest absolute Gasteiger partial charge is 0.486 e. The minimum Gasteiger partial charge on any atom is -0.486 e. The highest BCUT2D eigenvalue weighted by atomic mass is 32.2. The Hall–Kier alpha value is -1.91. The van der Waals surface area contributed by atoms with Gasteiger partial charge in [0.15, 0.2) is 16.4 Å². The molecule has 0 radical (unpaired) electrons. The molecule has 1 N–H and O–H groups in total. The molecule has 0 unspecified atom stereocenters. The van der Waals surface area contributed by atoms with E-state index in [0.29, 0.717) is 25.9 Å². The summed E-state index contributed by atoms with van der Waals surface area (Å²) >= 11 is 0. The number of fused-ring (bicyclic) bond motifs is 1. The van der Waals surface area contributed by atoms with Crippen LogP contribution in [0.25, 0.3) is 0 Å². The van der Waals surface area contributed by atoms with E-state index in [1.807, 2.05) is 0 Å². The van der Waals surface area contributed by atoms with Gasteiger partial charge in [-0.3, -0.25) is 10.1 Å². The molecular weight excluding hydrogens is 338 g/mol. The fraction of sp³-hybridized carbons (Fsp3) is 0.571. The van der Waals surface area contributed by atoms with Gasteiger partial charge < -0.3 is 14.8 Å². The van der Waals surface area contributed by atoms with Gasteiger partial charge in [-0.1, -0.05) is 0 Å². The zero-order valence-corrected chi connectivity index (χ0v) is 14.0. The Kier molecular flexibility index (Phi) is 4.61. The molecule has 0 bridgehead atoms. The van der Waals surface area contributed by atoms with Gasteiger partial charge in [-0.05, 0) is 25.9 Å². The van der Waals surface area contributed by atoms with Crippen molar-refractivity contribution in [3.63, 3.8) is 0 Å². The summed E-state index contributed by atoms with van der Waals surface area (Å²) in [5.74, 6) is 0.403. The van der Waals surface area contributed by atoms with Gasteiger partial charge in [-0.2, -0.15) is 4.31 Å². The number of ether oxygens (including phenoxy) is 2. The maximum absolute atomic E-state index is 12.9. The molecule has 1 saturated heterocycles. The van der Waals surface area contributed by atoms with E-state index in [9.17, 15) is 18.5 Å². The van der Waals surface area contributed by atoms with Gasteiger partial charge in [0, 0.05) is 19.2 Å². The van der Waals surface area contributed by atoms with Crippen LogP contribution in [0.3, 0.4) is 0 Å². The Labute approximate surface area is 139 Å². The first-order valence-corrected chi connectivity index (χ1v) is 9.12. The number of hydrogen-bond acceptors (Lipinski definition) is 7. The van der Waals surface area contributed by atoms with Crippen molar-refractivity contribution >= 4 is 15.7 Å². The van der Waals surface area contributed by atoms with Gasteiger partial charge in [0.25, 0.3) is 5.69 Å². The number of hydrogen-bond donors (Lipinski definition) is 1. The average Bonchev–Trinajstić information content (AvgIpc) is 2.60. The van der Waals surface area contributed by atoms with E-state index in [-0.39, 0.29) is 35.7 Å². The normalized spacial score (nSPS) is 18.6. The molecule has 0 spiro atoms. The SMILES string of the molecule is CN(C1CCNCC1)S(=O)(=O)c1cc2c(cc1[N+](=O)[O-])OCCO2. The van der Waals surface area contributed by atoms with E-state index < -0.39 is 20.6 Å². The number of sulfonamides is 1. The molecule has 1 aromatic carbocycles. The van der Waals surface area contributed by atoms with Crippen molar-refractivity contribution in [3.8, 4) is 11.5 Å². The third-order valence-electron chi connectivity index (χ3n) is 4.30. The van der Waals surface area contributed by atoms with Gasteiger partial charge in [0.05, 0.1) is 11.0 Å². The number of nitro benzene ring substituents is 1. The third-order valence-corrected chi connectivity index (χ3v) is 6.24. The Morgan fingerprint density at radius 2 is 1.79 bits per heavy atom. The van der Waals surface area contributed by atoms with Crippen molar-refractivity contribution in [2.24, 2.45) is 0 Å². The van der Waals surface area contributed by atoms with Gasteiger partial charge in [0.1, 0.15) is 13.2 Å². The topological polar surface area (TPSA) is 111 Å². The Bertz CT molecular complexity index is 745. The summed E-state index contributed by atoms with van der Waals surface area (Å²) in [7, 11) is -2.56. The zero-order valence-electron chi connectivity index (χ0n) is 13.2. The summed E-state index contributed by atoms with van der Waals surface area (Å²) in [6.45, 7) is 1.97. The molecule has 3 rings (SSSR count). The monoisotopic (exact) mass is 357 g/mol. The molecule has 24 heavy (non-hydrogen) atoms. The van der Waals surface area contributed by atoms with Crippen LogP contribution in [-0.2, 0) is 10.0 Å². The van der Waals surface area contributed by atoms with Crippen molar-refractivity contribution in [2.75, 3.05) is 33.4 Å². The van der Waals surface area contributed by atoms with Gasteiger partial charge in [-0.25, -0.2) is 8.42 Å². The molecule has 0 aromatic heterocycles. The summed E-state index contributed by atoms with van der Waals surface area (Å²) in [5.41, 5.74) is -0.500. The molecule has 9 nitrogen and oxygen atoms in total. The van der Waals surface area contributed by atoms with Crippen molar-refractivity contribution in [1.29, 1.82) is 0 Å². The molecule has 10 heteroatoms. The molecule has 1 aromatic rings. The van der Waals surface area contributed by atoms with Crippen molar-refractivity contribution in [1.82, 2.24) is 9.62 Å². The standard InChI is InChI=1S/C14H19N3O6S/c1-16(10-2-4-15-5-3-10)24(20,21)14-9-13-12(22-6-7-23-13)8-11(14)17(18)19/h8-10,15H,2-7H2,1H3. The summed E-state index contributed by atoms with van der Waals surface area (Å²) in [4.78, 5) is 10.3. The van der Waals surface area contributed by atoms with Crippen LogP contribution in [-0.4, -0.2) is 57.0 Å². The summed E-state index contributed by atoms with van der Waals surface area (Å²) < 4.78 is 37.8. The van der Waals surface area contributed by atoms with Gasteiger partial charge >= 0.3 is 0 Å². The second-order valence-corrected chi connectivity index (χ2v) is 7.69. The Morgan fingerprint density at radius 1 is 1.21 bits per heavy atom. The molecule has 2 aliphatic rings. The highest BCUT2D eigenvalue weighted by Gasteiger charge is 2.36. The minimum atomic E-state index is -4.02. The predicted octanol–water partition coefficient (Wildman–Crippen LogP) is 0.738. The fourth-order valence-corrected chi connectivity index (χ4v) is 4.50. The molecule has 2 heterocycles. The van der Waals surface area contributed by atoms with E-state index in [1.54, 1.807) is 0 Å². The van der Waals surface area contributed by atoms with E-state index in [4.69, 9.17) is 9.47 Å². The lowest BCUT2D eigenvalue weighted by atomic mass is 10.1. The maximum Gasteiger partial charge on any atom is 0.293 e. The second-order valence-electron chi connectivity index (χ2n) is 5.72. The Morgan fingerprint density at radius 3 is 2.38 bits per heavy atom. The first-order chi connectivity index (χ1) is 11.4. The minimum absolute atomic E-state index is 0.191. The van der Waals surface area contributed by atoms with Crippen molar-refractivity contribution < 1.29 is 22.8 Å². The average molecular weight is 357 g/mol. The van der Waals surface area contributed by atoms with Gasteiger partial charge in [0.2, 0.25) is 10.0 Å². The lowest BCUT2D eigenvalue weighted by molar-refractivity contribution is -0.388. The number of nitro groups is 1. The van der Waals surface area contributed by atoms with Crippen LogP contribution >= 0.6 is 0 Å². The molecule has 1 fully saturated rings. The Balaban J connectivity index is 2.04. The fourth-order valence-electron chi connectivity index (χ4n) is 2.93. The molecule has 0 aliphatic carbocycles. The number of rotatable bonds is 4. The van der Waals surface area contributed by atoms with Crippen LogP contribution < -0.4 is 14.8 Å². The first-order valence-electron chi connectivity index (χ1n) is 7.68. The lowest BCUT2D eigenvalue weighted by Crippen LogP contribution is -2.44. The molecule has 132 valence electrons. The van der Waals surface area contributed by atoms with E-state index in [1.165, 1.54) is 17.4 Å². The lowest BCUT2D eigenvalue weighted by Gasteiger charge is -2.31. The summed E-state index contributed by atoms with van der Waals surface area (Å²) in [6, 6.07) is 2.13. The van der Waals surface area contributed by atoms with Crippen LogP contribution in [0.4, 0.5) is 5.69 Å². The van der Waals surface area contributed by atoms with Crippen LogP contribution in [0.1, 0.15) is 12.8 Å². The number of piperidine rings is 1. The van der Waals surface area contributed by atoms with E-state index in [2.05, 4.69) is 5.32 Å². The van der Waals surface area contributed by atoms with Crippen molar-refractivity contribution in [2.45, 2.75) is 23.8 Å². The first kappa shape index (κ1) is 16.9. The van der Waals surface area contributed by atoms with Crippen LogP contribution in [0.2, 0.25) is 0 Å². The van der Waals surface area contributed by atoms with Crippen LogP contribution in [0.15, 0.2) is 17.0 Å². The predicted molar refractivity (Wildman–Crippen MR) is 84.9 cm³/mol. The molecule has 0 saturated carbocycles. The highest BCUT2D eigenvalue weighted by molar-refractivity contribution is 7.89. The number of nitrogens with one attached hydrogen (secondary N) is 1. The quantitative estimate of drug-likeness (QED) is 0.625. The van der Waals surface area contributed by atoms with Crippen molar-refractivity contribution in [3.05, 3.63) is 22.2 Å². The second kappa shape index (κ2) is 6.54. The highest BCUT2D eigenvalue weighted by Crippen LogP contribution is 2.39. The van der Waals surface area contributed by atoms with Crippen LogP contribution in [0.5, 0.6) is 11.5 Å². The molecule has 0 amide bonds. The maximum atomic E-state index is 12.9. The number of benzene rings is 1. The summed E-state index contributed by atoms with van der Waals surface area (Å²) in [5, 5.41) is 14.5. The zero-order chi connectivity index (χ0) is 17.3. The third kappa shape index (κ3) is 3.04. The smallest absolute Gasteiger partial charge is 0.293 e. The van der Waals surface area contributed by atoms with E-state index in [0.717, 1.165) is 6.07 Å².